The van der Waals surface area contributed by atoms with Gasteiger partial charge in [0.05, 0.1) is 18.1 Å². The van der Waals surface area contributed by atoms with E-state index >= 15 is 0 Å². The third-order valence-electron chi connectivity index (χ3n) is 4.27. The summed E-state index contributed by atoms with van der Waals surface area (Å²) in [7, 11) is 0. The summed E-state index contributed by atoms with van der Waals surface area (Å²) in [5.74, 6) is -0.907. The van der Waals surface area contributed by atoms with Crippen LogP contribution in [0.25, 0.3) is 0 Å². The molecular weight excluding hydrogens is 276 g/mol. The fourth-order valence-electron chi connectivity index (χ4n) is 2.98. The van der Waals surface area contributed by atoms with E-state index < -0.39 is 29.7 Å². The molecule has 0 bridgehead atoms. The van der Waals surface area contributed by atoms with Crippen molar-refractivity contribution in [1.29, 1.82) is 0 Å². The Hall–Kier alpha value is -1.92. The molecule has 0 radical (unpaired) electrons. The average molecular weight is 292 g/mol. The zero-order chi connectivity index (χ0) is 15.0. The maximum absolute atomic E-state index is 12.1. The Morgan fingerprint density at radius 1 is 1.43 bits per heavy atom. The van der Waals surface area contributed by atoms with E-state index in [4.69, 9.17) is 14.2 Å². The van der Waals surface area contributed by atoms with E-state index in [1.165, 1.54) is 0 Å². The fourth-order valence-corrected chi connectivity index (χ4v) is 2.98. The molecule has 6 heteroatoms. The second kappa shape index (κ2) is 5.13. The number of hydrogen-bond donors (Lipinski definition) is 1. The van der Waals surface area contributed by atoms with Gasteiger partial charge in [-0.1, -0.05) is 18.2 Å². The van der Waals surface area contributed by atoms with Crippen LogP contribution in [0.5, 0.6) is 0 Å². The van der Waals surface area contributed by atoms with Gasteiger partial charge in [0.15, 0.2) is 6.10 Å². The second-order valence-electron chi connectivity index (χ2n) is 5.48. The topological polar surface area (TPSA) is 85.4 Å². The van der Waals surface area contributed by atoms with E-state index in [1.807, 2.05) is 6.92 Å². The van der Waals surface area contributed by atoms with Crippen molar-refractivity contribution in [2.24, 2.45) is 5.92 Å². The molecule has 0 aromatic heterocycles. The second-order valence-corrected chi connectivity index (χ2v) is 5.48. The summed E-state index contributed by atoms with van der Waals surface area (Å²) in [6, 6.07) is 8.56. The van der Waals surface area contributed by atoms with E-state index in [0.29, 0.717) is 12.0 Å². The summed E-state index contributed by atoms with van der Waals surface area (Å²) in [5.41, 5.74) is -0.191. The fraction of sp³-hybridized carbons (Fsp3) is 0.467. The highest BCUT2D eigenvalue weighted by molar-refractivity contribution is 5.89. The van der Waals surface area contributed by atoms with Crippen LogP contribution in [-0.4, -0.2) is 48.1 Å². The molecule has 2 aliphatic rings. The summed E-state index contributed by atoms with van der Waals surface area (Å²) < 4.78 is 15.6. The molecule has 112 valence electrons. The Morgan fingerprint density at radius 2 is 2.14 bits per heavy atom. The number of fused-ring (bicyclic) bond motifs is 1. The van der Waals surface area contributed by atoms with Crippen molar-refractivity contribution in [2.75, 3.05) is 6.61 Å². The predicted octanol–water partition coefficient (Wildman–Crippen LogP) is 0.533. The zero-order valence-corrected chi connectivity index (χ0v) is 11.5. The van der Waals surface area contributed by atoms with Crippen LogP contribution < -0.4 is 0 Å². The highest BCUT2D eigenvalue weighted by atomic mass is 16.7. The molecule has 1 aromatic rings. The molecule has 0 amide bonds. The SMILES string of the molecule is C[C@]12O[C@H]1[C@@H](OC(=O)c1ccccc1)[C@H](O)[C@@H]2COC=O. The molecule has 0 spiro atoms. The molecule has 1 saturated carbocycles. The Balaban J connectivity index is 1.70. The minimum Gasteiger partial charge on any atom is -0.467 e. The quantitative estimate of drug-likeness (QED) is 0.484. The molecule has 1 heterocycles. The van der Waals surface area contributed by atoms with Crippen LogP contribution in [-0.2, 0) is 19.0 Å². The van der Waals surface area contributed by atoms with Crippen LogP contribution in [0.3, 0.4) is 0 Å². The van der Waals surface area contributed by atoms with Crippen LogP contribution in [0.4, 0.5) is 0 Å². The summed E-state index contributed by atoms with van der Waals surface area (Å²) in [4.78, 5) is 22.4. The van der Waals surface area contributed by atoms with E-state index in [0.717, 1.165) is 0 Å². The maximum atomic E-state index is 12.1. The first-order valence-corrected chi connectivity index (χ1v) is 6.75. The highest BCUT2D eigenvalue weighted by Crippen LogP contribution is 2.54. The minimum atomic E-state index is -0.915. The highest BCUT2D eigenvalue weighted by Gasteiger charge is 2.72. The largest absolute Gasteiger partial charge is 0.467 e. The van der Waals surface area contributed by atoms with Gasteiger partial charge in [-0.25, -0.2) is 4.79 Å². The van der Waals surface area contributed by atoms with Crippen LogP contribution in [0.1, 0.15) is 17.3 Å². The Morgan fingerprint density at radius 3 is 2.81 bits per heavy atom. The van der Waals surface area contributed by atoms with Crippen molar-refractivity contribution in [3.05, 3.63) is 35.9 Å². The smallest absolute Gasteiger partial charge is 0.338 e. The monoisotopic (exact) mass is 292 g/mol. The van der Waals surface area contributed by atoms with Gasteiger partial charge in [-0.15, -0.1) is 0 Å². The van der Waals surface area contributed by atoms with Crippen molar-refractivity contribution in [1.82, 2.24) is 0 Å². The van der Waals surface area contributed by atoms with Crippen LogP contribution in [0.2, 0.25) is 0 Å². The summed E-state index contributed by atoms with van der Waals surface area (Å²) in [5, 5.41) is 10.3. The molecule has 1 saturated heterocycles. The molecule has 21 heavy (non-hydrogen) atoms. The van der Waals surface area contributed by atoms with Crippen LogP contribution in [0.15, 0.2) is 30.3 Å². The summed E-state index contributed by atoms with van der Waals surface area (Å²) in [6.45, 7) is 2.18. The average Bonchev–Trinajstić information content (AvgIpc) is 3.12. The molecule has 5 atom stereocenters. The molecule has 3 rings (SSSR count). The van der Waals surface area contributed by atoms with Gasteiger partial charge in [0.25, 0.3) is 6.47 Å². The number of aliphatic hydroxyl groups excluding tert-OH is 1. The number of benzene rings is 1. The summed E-state index contributed by atoms with van der Waals surface area (Å²) >= 11 is 0. The number of rotatable bonds is 5. The zero-order valence-electron chi connectivity index (χ0n) is 11.5. The lowest BCUT2D eigenvalue weighted by Crippen LogP contribution is -2.38. The number of carbonyl (C=O) groups is 2. The van der Waals surface area contributed by atoms with Gasteiger partial charge in [0.1, 0.15) is 17.8 Å². The lowest BCUT2D eigenvalue weighted by atomic mass is 9.96. The van der Waals surface area contributed by atoms with Gasteiger partial charge in [0.2, 0.25) is 0 Å². The van der Waals surface area contributed by atoms with Crippen molar-refractivity contribution in [3.8, 4) is 0 Å². The first-order valence-electron chi connectivity index (χ1n) is 6.75. The van der Waals surface area contributed by atoms with E-state index in [2.05, 4.69) is 0 Å². The van der Waals surface area contributed by atoms with E-state index in [-0.39, 0.29) is 12.7 Å². The molecule has 6 nitrogen and oxygen atoms in total. The van der Waals surface area contributed by atoms with Gasteiger partial charge >= 0.3 is 5.97 Å². The molecule has 1 aromatic carbocycles. The third kappa shape index (κ3) is 2.30. The number of esters is 1. The van der Waals surface area contributed by atoms with Gasteiger partial charge < -0.3 is 19.3 Å². The first kappa shape index (κ1) is 14.0. The molecule has 1 aliphatic carbocycles. The Labute approximate surface area is 121 Å². The number of hydrogen-bond acceptors (Lipinski definition) is 6. The van der Waals surface area contributed by atoms with Gasteiger partial charge in [-0.3, -0.25) is 4.79 Å². The molecular formula is C15H16O6. The Bertz CT molecular complexity index is 544. The van der Waals surface area contributed by atoms with E-state index in [9.17, 15) is 14.7 Å². The lowest BCUT2D eigenvalue weighted by Gasteiger charge is -2.24. The van der Waals surface area contributed by atoms with Gasteiger partial charge in [0, 0.05) is 0 Å². The standard InChI is InChI=1S/C15H16O6/c1-15-10(7-19-8-16)11(17)12(13(15)21-15)20-14(18)9-5-3-2-4-6-9/h2-6,8,10-13,17H,7H2,1H3/t10-,11+,12-,13-,15+/m0/s1. The maximum Gasteiger partial charge on any atom is 0.338 e. The number of epoxide rings is 1. The lowest BCUT2D eigenvalue weighted by molar-refractivity contribution is -0.134. The number of ether oxygens (including phenoxy) is 3. The molecule has 1 aliphatic heterocycles. The van der Waals surface area contributed by atoms with E-state index in [1.54, 1.807) is 30.3 Å². The minimum absolute atomic E-state index is 0.0387. The number of carbonyl (C=O) groups excluding carboxylic acids is 2. The molecule has 2 fully saturated rings. The summed E-state index contributed by atoms with van der Waals surface area (Å²) in [6.07, 6.45) is -2.02. The first-order chi connectivity index (χ1) is 10.1. The van der Waals surface area contributed by atoms with Crippen LogP contribution >= 0.6 is 0 Å². The predicted molar refractivity (Wildman–Crippen MR) is 70.4 cm³/mol. The van der Waals surface area contributed by atoms with Crippen molar-refractivity contribution in [2.45, 2.75) is 30.8 Å². The van der Waals surface area contributed by atoms with Crippen molar-refractivity contribution in [3.63, 3.8) is 0 Å². The molecule has 0 unspecified atom stereocenters. The normalized spacial score (nSPS) is 36.7. The third-order valence-corrected chi connectivity index (χ3v) is 4.27. The van der Waals surface area contributed by atoms with Gasteiger partial charge in [-0.2, -0.15) is 0 Å². The Kier molecular flexibility index (Phi) is 3.43. The van der Waals surface area contributed by atoms with Crippen molar-refractivity contribution < 1.29 is 28.9 Å². The molecule has 1 N–H and O–H groups in total. The number of aliphatic hydroxyl groups is 1. The van der Waals surface area contributed by atoms with Crippen molar-refractivity contribution >= 4 is 12.4 Å². The van der Waals surface area contributed by atoms with Gasteiger partial charge in [-0.05, 0) is 19.1 Å². The van der Waals surface area contributed by atoms with Crippen LogP contribution in [0, 0.1) is 5.92 Å².